The summed E-state index contributed by atoms with van der Waals surface area (Å²) in [4.78, 5) is 0. The minimum atomic E-state index is -2.11. The number of nitrogens with one attached hydrogen (secondary N) is 1. The monoisotopic (exact) mass is 253 g/mol. The summed E-state index contributed by atoms with van der Waals surface area (Å²) in [6.45, 7) is 3.11. The maximum absolute atomic E-state index is 5.86. The van der Waals surface area contributed by atoms with Crippen LogP contribution in [0.2, 0.25) is 0 Å². The van der Waals surface area contributed by atoms with Gasteiger partial charge in [-0.15, -0.1) is 8.58 Å². The zero-order chi connectivity index (χ0) is 10.9. The van der Waals surface area contributed by atoms with Gasteiger partial charge in [0.2, 0.25) is 0 Å². The summed E-state index contributed by atoms with van der Waals surface area (Å²) in [6, 6.07) is 0. The molecule has 0 fully saturated rings. The molecule has 0 aromatic rings. The van der Waals surface area contributed by atoms with Crippen LogP contribution in [0.1, 0.15) is 26.2 Å². The highest BCUT2D eigenvalue weighted by atomic mass is 32.4. The van der Waals surface area contributed by atoms with E-state index in [1.807, 2.05) is 6.21 Å². The summed E-state index contributed by atoms with van der Waals surface area (Å²) < 4.78 is 4.24. The smallest absolute Gasteiger partial charge is 0.179 e. The van der Waals surface area contributed by atoms with Crippen LogP contribution < -0.4 is 10.6 Å². The van der Waals surface area contributed by atoms with Crippen molar-refractivity contribution in [2.24, 2.45) is 10.3 Å². The molecule has 0 aromatic heterocycles. The molecule has 0 radical (unpaired) electrons. The van der Waals surface area contributed by atoms with Crippen molar-refractivity contribution in [1.82, 2.24) is 5.09 Å². The van der Waals surface area contributed by atoms with Crippen molar-refractivity contribution in [2.45, 2.75) is 26.2 Å². The van der Waals surface area contributed by atoms with Crippen LogP contribution in [0, 0.1) is 0 Å². The van der Waals surface area contributed by atoms with Crippen molar-refractivity contribution < 1.29 is 0 Å². The molecule has 14 heavy (non-hydrogen) atoms. The molecular formula is C8H21N3P2S. The van der Waals surface area contributed by atoms with E-state index in [0.29, 0.717) is 0 Å². The lowest BCUT2D eigenvalue weighted by Gasteiger charge is -2.12. The summed E-state index contributed by atoms with van der Waals surface area (Å²) in [7, 11) is 0.978. The molecule has 0 heterocycles. The second kappa shape index (κ2) is 8.94. The summed E-state index contributed by atoms with van der Waals surface area (Å²) in [6.07, 6.45) is 6.34. The molecule has 0 bridgehead atoms. The third-order valence-corrected chi connectivity index (χ3v) is 4.29. The van der Waals surface area contributed by atoms with Gasteiger partial charge in [0.15, 0.2) is 6.49 Å². The van der Waals surface area contributed by atoms with Crippen LogP contribution in [0.3, 0.4) is 0 Å². The number of nitrogens with zero attached hydrogens (tertiary/aromatic N) is 1. The van der Waals surface area contributed by atoms with Gasteiger partial charge in [0.1, 0.15) is 0 Å². The number of nitrogens with two attached hydrogens (primary N) is 1. The van der Waals surface area contributed by atoms with Crippen LogP contribution >= 0.6 is 15.1 Å². The van der Waals surface area contributed by atoms with Crippen LogP contribution in [-0.2, 0) is 11.8 Å². The first-order valence-electron chi connectivity index (χ1n) is 4.95. The molecule has 6 heteroatoms. The summed E-state index contributed by atoms with van der Waals surface area (Å²) in [5.41, 5.74) is 5.86. The molecule has 0 aromatic carbocycles. The lowest BCUT2D eigenvalue weighted by molar-refractivity contribution is 0.769. The summed E-state index contributed by atoms with van der Waals surface area (Å²) in [5.74, 6) is 0. The molecule has 0 aliphatic rings. The van der Waals surface area contributed by atoms with Gasteiger partial charge in [0.05, 0.1) is 0 Å². The molecule has 0 spiro atoms. The Kier molecular flexibility index (Phi) is 9.36. The van der Waals surface area contributed by atoms with E-state index >= 15 is 0 Å². The van der Waals surface area contributed by atoms with Crippen LogP contribution in [0.25, 0.3) is 0 Å². The number of hydrogen-bond acceptors (Lipinski definition) is 1. The fraction of sp³-hybridized carbons (Fsp3) is 0.875. The minimum Gasteiger partial charge on any atom is -0.274 e. The van der Waals surface area contributed by atoms with Crippen LogP contribution in [0.15, 0.2) is 4.76 Å². The van der Waals surface area contributed by atoms with Gasteiger partial charge in [-0.05, 0) is 37.5 Å². The van der Waals surface area contributed by atoms with Crippen LogP contribution in [0.5, 0.6) is 0 Å². The molecule has 0 amide bonds. The van der Waals surface area contributed by atoms with E-state index < -0.39 is 6.49 Å². The van der Waals surface area contributed by atoms with Crippen molar-refractivity contribution in [2.75, 3.05) is 19.4 Å². The van der Waals surface area contributed by atoms with Crippen molar-refractivity contribution >= 4 is 33.1 Å². The first-order chi connectivity index (χ1) is 6.62. The van der Waals surface area contributed by atoms with Gasteiger partial charge < -0.3 is 0 Å². The van der Waals surface area contributed by atoms with E-state index in [4.69, 9.17) is 17.3 Å². The predicted molar refractivity (Wildman–Crippen MR) is 73.6 cm³/mol. The zero-order valence-corrected chi connectivity index (χ0v) is 11.7. The Labute approximate surface area is 94.3 Å². The molecule has 0 saturated heterocycles. The van der Waals surface area contributed by atoms with Gasteiger partial charge in [-0.2, -0.15) is 0 Å². The predicted octanol–water partition coefficient (Wildman–Crippen LogP) is 2.33. The number of hydrogen-bond donors (Lipinski definition) is 2. The molecule has 84 valence electrons. The lowest BCUT2D eigenvalue weighted by atomic mass is 10.3. The molecular weight excluding hydrogens is 232 g/mol. The second-order valence-electron chi connectivity index (χ2n) is 3.07. The van der Waals surface area contributed by atoms with E-state index in [1.54, 1.807) is 0 Å². The molecule has 2 unspecified atom stereocenters. The Morgan fingerprint density at radius 2 is 2.36 bits per heavy atom. The quantitative estimate of drug-likeness (QED) is 0.396. The molecule has 0 saturated carbocycles. The van der Waals surface area contributed by atoms with Gasteiger partial charge in [0, 0.05) is 12.8 Å². The standard InChI is InChI=1S/C8H21N3P2S/c1-3-4-6-10-13(9,14)11-7-5-8-12-2/h7,12H,3-6,8H2,1-2H3,(H3,9,10,14). The van der Waals surface area contributed by atoms with E-state index in [2.05, 4.69) is 23.4 Å². The van der Waals surface area contributed by atoms with Crippen LogP contribution in [0.4, 0.5) is 0 Å². The SMILES string of the molecule is CCCCNP(N)(=S)N=CCCPC. The van der Waals surface area contributed by atoms with Crippen molar-refractivity contribution in [3.63, 3.8) is 0 Å². The maximum atomic E-state index is 5.86. The molecule has 0 rings (SSSR count). The number of rotatable bonds is 8. The first kappa shape index (κ1) is 14.7. The van der Waals surface area contributed by atoms with E-state index in [-0.39, 0.29) is 0 Å². The number of unbranched alkanes of at least 4 members (excludes halogenated alkanes) is 1. The zero-order valence-electron chi connectivity index (χ0n) is 8.99. The highest BCUT2D eigenvalue weighted by Crippen LogP contribution is 2.32. The molecule has 3 nitrogen and oxygen atoms in total. The molecule has 0 aliphatic carbocycles. The minimum absolute atomic E-state index is 0.886. The summed E-state index contributed by atoms with van der Waals surface area (Å²) >= 11 is 5.19. The van der Waals surface area contributed by atoms with Gasteiger partial charge in [-0.1, -0.05) is 13.3 Å². The second-order valence-corrected chi connectivity index (χ2v) is 7.75. The highest BCUT2D eigenvalue weighted by Gasteiger charge is 2.04. The Bertz CT molecular complexity index is 209. The average Bonchev–Trinajstić information content (AvgIpc) is 2.13. The third kappa shape index (κ3) is 9.23. The average molecular weight is 253 g/mol. The molecule has 0 aliphatic heterocycles. The maximum Gasteiger partial charge on any atom is 0.179 e. The fourth-order valence-electron chi connectivity index (χ4n) is 0.845. The topological polar surface area (TPSA) is 50.4 Å². The Morgan fingerprint density at radius 1 is 1.64 bits per heavy atom. The van der Waals surface area contributed by atoms with E-state index in [0.717, 1.165) is 34.4 Å². The Hall–Kier alpha value is 0.670. The fourth-order valence-corrected chi connectivity index (χ4v) is 2.65. The largest absolute Gasteiger partial charge is 0.274 e. The van der Waals surface area contributed by atoms with Gasteiger partial charge >= 0.3 is 0 Å². The molecule has 2 atom stereocenters. The Morgan fingerprint density at radius 3 is 2.93 bits per heavy atom. The molecule has 3 N–H and O–H groups in total. The summed E-state index contributed by atoms with van der Waals surface area (Å²) in [5, 5.41) is 3.14. The first-order valence-corrected chi connectivity index (χ1v) is 9.48. The Balaban J connectivity index is 3.70. The van der Waals surface area contributed by atoms with Gasteiger partial charge in [-0.25, -0.2) is 4.76 Å². The van der Waals surface area contributed by atoms with Crippen molar-refractivity contribution in [3.8, 4) is 0 Å². The lowest BCUT2D eigenvalue weighted by Crippen LogP contribution is -2.15. The third-order valence-electron chi connectivity index (χ3n) is 1.65. The van der Waals surface area contributed by atoms with Crippen molar-refractivity contribution in [1.29, 1.82) is 0 Å². The van der Waals surface area contributed by atoms with Crippen LogP contribution in [-0.4, -0.2) is 25.6 Å². The van der Waals surface area contributed by atoms with Gasteiger partial charge in [0.25, 0.3) is 0 Å². The van der Waals surface area contributed by atoms with Gasteiger partial charge in [-0.3, -0.25) is 10.6 Å². The van der Waals surface area contributed by atoms with Crippen molar-refractivity contribution in [3.05, 3.63) is 0 Å². The highest BCUT2D eigenvalue weighted by molar-refractivity contribution is 8.11. The van der Waals surface area contributed by atoms with E-state index in [1.165, 1.54) is 6.16 Å². The normalized spacial score (nSPS) is 16.8. The van der Waals surface area contributed by atoms with E-state index in [9.17, 15) is 0 Å².